The summed E-state index contributed by atoms with van der Waals surface area (Å²) >= 11 is 1.00. The van der Waals surface area contributed by atoms with Gasteiger partial charge in [0.15, 0.2) is 0 Å². The molecular formula is C16H16N2O6S. The van der Waals surface area contributed by atoms with Gasteiger partial charge in [-0.05, 0) is 42.8 Å². The molecule has 0 saturated heterocycles. The highest BCUT2D eigenvalue weighted by atomic mass is 32.1. The molecule has 0 radical (unpaired) electrons. The van der Waals surface area contributed by atoms with Gasteiger partial charge in [-0.15, -0.1) is 11.3 Å². The highest BCUT2D eigenvalue weighted by Crippen LogP contribution is 2.35. The maximum Gasteiger partial charge on any atom is 0.348 e. The van der Waals surface area contributed by atoms with E-state index in [1.54, 1.807) is 31.4 Å². The minimum absolute atomic E-state index is 0.0519. The highest BCUT2D eigenvalue weighted by molar-refractivity contribution is 7.18. The number of amides is 2. The number of aromatic carboxylic acids is 1. The lowest BCUT2D eigenvalue weighted by atomic mass is 10.2. The number of anilines is 1. The van der Waals surface area contributed by atoms with Crippen molar-refractivity contribution in [2.75, 3.05) is 12.4 Å². The highest BCUT2D eigenvalue weighted by Gasteiger charge is 2.20. The number of thiophene rings is 1. The Kier molecular flexibility index (Phi) is 5.60. The fourth-order valence-corrected chi connectivity index (χ4v) is 2.91. The molecule has 9 heteroatoms. The monoisotopic (exact) mass is 364 g/mol. The Morgan fingerprint density at radius 1 is 1.16 bits per heavy atom. The fourth-order valence-electron chi connectivity index (χ4n) is 1.96. The van der Waals surface area contributed by atoms with E-state index in [-0.39, 0.29) is 10.6 Å². The van der Waals surface area contributed by atoms with Crippen molar-refractivity contribution in [1.82, 2.24) is 5.32 Å². The molecule has 1 aromatic heterocycles. The van der Waals surface area contributed by atoms with Crippen molar-refractivity contribution in [3.63, 3.8) is 0 Å². The van der Waals surface area contributed by atoms with Crippen LogP contribution in [0.5, 0.6) is 5.75 Å². The Hall–Kier alpha value is -3.07. The van der Waals surface area contributed by atoms with Crippen molar-refractivity contribution in [3.8, 4) is 16.2 Å². The molecule has 0 aliphatic rings. The molecule has 0 unspecified atom stereocenters. The zero-order chi connectivity index (χ0) is 18.6. The number of carbonyl (C=O) groups excluding carboxylic acids is 1. The summed E-state index contributed by atoms with van der Waals surface area (Å²) in [6.45, 7) is 1.30. The van der Waals surface area contributed by atoms with E-state index >= 15 is 0 Å². The van der Waals surface area contributed by atoms with Crippen LogP contribution in [0.3, 0.4) is 0 Å². The first kappa shape index (κ1) is 18.3. The van der Waals surface area contributed by atoms with Gasteiger partial charge < -0.3 is 25.6 Å². The lowest BCUT2D eigenvalue weighted by Crippen LogP contribution is -2.40. The minimum atomic E-state index is -1.20. The van der Waals surface area contributed by atoms with Crippen LogP contribution in [0.25, 0.3) is 10.4 Å². The number of carboxylic acid groups (broad SMARTS) is 2. The van der Waals surface area contributed by atoms with Gasteiger partial charge in [-0.2, -0.15) is 0 Å². The van der Waals surface area contributed by atoms with Crippen LogP contribution < -0.4 is 15.4 Å². The predicted molar refractivity (Wildman–Crippen MR) is 92.5 cm³/mol. The van der Waals surface area contributed by atoms with E-state index in [1.165, 1.54) is 13.0 Å². The molecule has 2 amide bonds. The summed E-state index contributed by atoms with van der Waals surface area (Å²) in [5.41, 5.74) is 0.860. The van der Waals surface area contributed by atoms with Crippen LogP contribution in [0, 0.1) is 0 Å². The Labute approximate surface area is 147 Å². The average Bonchev–Trinajstić information content (AvgIpc) is 2.98. The Morgan fingerprint density at radius 2 is 1.80 bits per heavy atom. The molecule has 0 spiro atoms. The lowest BCUT2D eigenvalue weighted by Gasteiger charge is -2.10. The first-order valence-electron chi connectivity index (χ1n) is 7.13. The molecule has 2 rings (SSSR count). The first-order valence-corrected chi connectivity index (χ1v) is 7.95. The molecule has 132 valence electrons. The zero-order valence-electron chi connectivity index (χ0n) is 13.4. The molecule has 1 aromatic carbocycles. The van der Waals surface area contributed by atoms with Crippen molar-refractivity contribution >= 4 is 35.0 Å². The number of hydrogen-bond acceptors (Lipinski definition) is 5. The van der Waals surface area contributed by atoms with Crippen LogP contribution in [0.2, 0.25) is 0 Å². The first-order chi connectivity index (χ1) is 11.8. The van der Waals surface area contributed by atoms with Crippen molar-refractivity contribution in [1.29, 1.82) is 0 Å². The molecule has 0 saturated carbocycles. The standard InChI is InChI=1S/C16H16N2O6S/c1-8(14(19)20)17-16(23)18-11-7-12(25-13(11)15(21)22)9-3-5-10(24-2)6-4-9/h3-8H,1-2H3,(H,19,20)(H,21,22)(H2,17,18,23)/t8-/m0/s1. The molecule has 0 bridgehead atoms. The largest absolute Gasteiger partial charge is 0.497 e. The maximum atomic E-state index is 11.8. The van der Waals surface area contributed by atoms with Crippen molar-refractivity contribution in [3.05, 3.63) is 35.2 Å². The molecule has 25 heavy (non-hydrogen) atoms. The Morgan fingerprint density at radius 3 is 2.32 bits per heavy atom. The number of urea groups is 1. The van der Waals surface area contributed by atoms with Gasteiger partial charge in [0.2, 0.25) is 0 Å². The summed E-state index contributed by atoms with van der Waals surface area (Å²) in [7, 11) is 1.54. The van der Waals surface area contributed by atoms with E-state index in [9.17, 15) is 19.5 Å². The molecular weight excluding hydrogens is 348 g/mol. The zero-order valence-corrected chi connectivity index (χ0v) is 14.2. The Bertz CT molecular complexity index is 799. The van der Waals surface area contributed by atoms with E-state index in [0.717, 1.165) is 16.9 Å². The summed E-state index contributed by atoms with van der Waals surface area (Å²) < 4.78 is 5.08. The molecule has 1 atom stereocenters. The lowest BCUT2D eigenvalue weighted by molar-refractivity contribution is -0.138. The third-order valence-corrected chi connectivity index (χ3v) is 4.44. The van der Waals surface area contributed by atoms with Gasteiger partial charge in [0, 0.05) is 4.88 Å². The SMILES string of the molecule is COc1ccc(-c2cc(NC(=O)N[C@@H](C)C(=O)O)c(C(=O)O)s2)cc1. The Balaban J connectivity index is 2.25. The summed E-state index contributed by atoms with van der Waals surface area (Å²) in [6, 6.07) is 6.65. The van der Waals surface area contributed by atoms with Crippen molar-refractivity contribution in [2.24, 2.45) is 0 Å². The van der Waals surface area contributed by atoms with Gasteiger partial charge in [0.1, 0.15) is 16.7 Å². The number of carbonyl (C=O) groups is 3. The summed E-state index contributed by atoms with van der Waals surface area (Å²) in [5.74, 6) is -1.72. The number of aliphatic carboxylic acids is 1. The van der Waals surface area contributed by atoms with Crippen LogP contribution in [-0.2, 0) is 4.79 Å². The molecule has 0 aliphatic heterocycles. The normalized spacial score (nSPS) is 11.4. The smallest absolute Gasteiger partial charge is 0.348 e. The molecule has 0 aliphatic carbocycles. The number of methoxy groups -OCH3 is 1. The molecule has 2 aromatic rings. The van der Waals surface area contributed by atoms with Gasteiger partial charge in [-0.25, -0.2) is 9.59 Å². The van der Waals surface area contributed by atoms with E-state index < -0.39 is 24.0 Å². The third-order valence-electron chi connectivity index (χ3n) is 3.27. The third kappa shape index (κ3) is 4.48. The van der Waals surface area contributed by atoms with Crippen LogP contribution in [-0.4, -0.2) is 41.3 Å². The van der Waals surface area contributed by atoms with Gasteiger partial charge in [-0.3, -0.25) is 4.79 Å². The second-order valence-electron chi connectivity index (χ2n) is 5.05. The number of ether oxygens (including phenoxy) is 1. The topological polar surface area (TPSA) is 125 Å². The average molecular weight is 364 g/mol. The van der Waals surface area contributed by atoms with Crippen LogP contribution in [0.15, 0.2) is 30.3 Å². The number of benzene rings is 1. The van der Waals surface area contributed by atoms with Crippen LogP contribution >= 0.6 is 11.3 Å². The maximum absolute atomic E-state index is 11.8. The number of rotatable bonds is 6. The molecule has 8 nitrogen and oxygen atoms in total. The van der Waals surface area contributed by atoms with E-state index in [1.807, 2.05) is 0 Å². The predicted octanol–water partition coefficient (Wildman–Crippen LogP) is 2.72. The second kappa shape index (κ2) is 7.67. The fraction of sp³-hybridized carbons (Fsp3) is 0.188. The summed E-state index contributed by atoms with van der Waals surface area (Å²) in [5, 5.41) is 22.7. The number of hydrogen-bond donors (Lipinski definition) is 4. The molecule has 4 N–H and O–H groups in total. The van der Waals surface area contributed by atoms with Crippen LogP contribution in [0.4, 0.5) is 10.5 Å². The quantitative estimate of drug-likeness (QED) is 0.624. The molecule has 0 fully saturated rings. The van der Waals surface area contributed by atoms with Crippen LogP contribution in [0.1, 0.15) is 16.6 Å². The number of carboxylic acids is 2. The summed E-state index contributed by atoms with van der Waals surface area (Å²) in [4.78, 5) is 34.6. The molecule has 1 heterocycles. The van der Waals surface area contributed by atoms with Gasteiger partial charge in [-0.1, -0.05) is 0 Å². The van der Waals surface area contributed by atoms with E-state index in [4.69, 9.17) is 9.84 Å². The second-order valence-corrected chi connectivity index (χ2v) is 6.10. The summed E-state index contributed by atoms with van der Waals surface area (Å²) in [6.07, 6.45) is 0. The van der Waals surface area contributed by atoms with E-state index in [2.05, 4.69) is 10.6 Å². The van der Waals surface area contributed by atoms with E-state index in [0.29, 0.717) is 10.6 Å². The minimum Gasteiger partial charge on any atom is -0.497 e. The van der Waals surface area contributed by atoms with Crippen molar-refractivity contribution < 1.29 is 29.3 Å². The number of nitrogens with one attached hydrogen (secondary N) is 2. The van der Waals surface area contributed by atoms with Crippen molar-refractivity contribution in [2.45, 2.75) is 13.0 Å². The van der Waals surface area contributed by atoms with Gasteiger partial charge in [0.25, 0.3) is 0 Å². The van der Waals surface area contributed by atoms with Gasteiger partial charge in [0.05, 0.1) is 12.8 Å². The van der Waals surface area contributed by atoms with Gasteiger partial charge >= 0.3 is 18.0 Å².